The lowest BCUT2D eigenvalue weighted by Crippen LogP contribution is -2.22. The van der Waals surface area contributed by atoms with Gasteiger partial charge in [0.05, 0.1) is 24.2 Å². The number of nitrogens with one attached hydrogen (secondary N) is 1. The summed E-state index contributed by atoms with van der Waals surface area (Å²) >= 11 is 0. The highest BCUT2D eigenvalue weighted by Crippen LogP contribution is 2.14. The summed E-state index contributed by atoms with van der Waals surface area (Å²) in [5, 5.41) is 4.23. The van der Waals surface area contributed by atoms with E-state index < -0.39 is 10.0 Å². The van der Waals surface area contributed by atoms with Gasteiger partial charge in [-0.05, 0) is 26.0 Å². The number of carbonyl (C=O) groups excluding carboxylic acids is 1. The minimum Gasteiger partial charge on any atom is -0.326 e. The number of hydrogen-bond donors (Lipinski definition) is 2. The van der Waals surface area contributed by atoms with Crippen molar-refractivity contribution >= 4 is 15.9 Å². The molecule has 0 aliphatic heterocycles. The molecule has 0 amide bonds. The first-order valence-electron chi connectivity index (χ1n) is 6.92. The zero-order chi connectivity index (χ0) is 17.2. The van der Waals surface area contributed by atoms with Crippen molar-refractivity contribution < 1.29 is 13.2 Å². The Hall–Kier alpha value is -2.10. The fourth-order valence-corrected chi connectivity index (χ4v) is 2.61. The second kappa shape index (κ2) is 6.57. The third kappa shape index (κ3) is 4.01. The van der Waals surface area contributed by atoms with E-state index in [1.165, 1.54) is 10.9 Å². The maximum Gasteiger partial charge on any atom is 0.278 e. The van der Waals surface area contributed by atoms with Gasteiger partial charge >= 0.3 is 0 Å². The summed E-state index contributed by atoms with van der Waals surface area (Å²) in [6.07, 6.45) is 2.52. The van der Waals surface area contributed by atoms with Gasteiger partial charge < -0.3 is 5.73 Å². The number of rotatable bonds is 5. The molecule has 0 saturated heterocycles. The third-order valence-electron chi connectivity index (χ3n) is 3.42. The van der Waals surface area contributed by atoms with E-state index in [9.17, 15) is 13.2 Å². The molecule has 8 nitrogen and oxygen atoms in total. The average Bonchev–Trinajstić information content (AvgIpc) is 2.78. The van der Waals surface area contributed by atoms with E-state index in [-0.39, 0.29) is 12.5 Å². The molecule has 0 atom stereocenters. The predicted molar refractivity (Wildman–Crippen MR) is 85.2 cm³/mol. The molecule has 23 heavy (non-hydrogen) atoms. The summed E-state index contributed by atoms with van der Waals surface area (Å²) in [7, 11) is -3.33. The molecule has 0 bridgehead atoms. The van der Waals surface area contributed by atoms with Crippen LogP contribution in [0, 0.1) is 13.8 Å². The van der Waals surface area contributed by atoms with Crippen molar-refractivity contribution in [2.24, 2.45) is 5.73 Å². The van der Waals surface area contributed by atoms with Crippen molar-refractivity contribution in [3.05, 3.63) is 46.5 Å². The fourth-order valence-electron chi connectivity index (χ4n) is 2.20. The Labute approximate surface area is 134 Å². The molecule has 2 heterocycles. The van der Waals surface area contributed by atoms with Crippen LogP contribution < -0.4 is 10.5 Å². The largest absolute Gasteiger partial charge is 0.326 e. The molecular formula is C14H19N5O3S. The number of carbonyl (C=O) groups is 1. The molecule has 0 aromatic carbocycles. The van der Waals surface area contributed by atoms with E-state index >= 15 is 0 Å². The summed E-state index contributed by atoms with van der Waals surface area (Å²) in [4.78, 5) is 16.6. The topological polar surface area (TPSA) is 120 Å². The van der Waals surface area contributed by atoms with Gasteiger partial charge in [0.2, 0.25) is 10.0 Å². The van der Waals surface area contributed by atoms with E-state index in [1.807, 2.05) is 0 Å². The summed E-state index contributed by atoms with van der Waals surface area (Å²) < 4.78 is 25.9. The molecule has 3 N–H and O–H groups in total. The van der Waals surface area contributed by atoms with Crippen molar-refractivity contribution in [2.75, 3.05) is 6.26 Å². The zero-order valence-corrected chi connectivity index (χ0v) is 14.0. The number of nitrogens with zero attached hydrogens (tertiary/aromatic N) is 3. The monoisotopic (exact) mass is 337 g/mol. The summed E-state index contributed by atoms with van der Waals surface area (Å²) in [6.45, 7) is 3.91. The summed E-state index contributed by atoms with van der Waals surface area (Å²) in [5.74, 6) is -0.312. The van der Waals surface area contributed by atoms with Gasteiger partial charge in [-0.1, -0.05) is 0 Å². The smallest absolute Gasteiger partial charge is 0.278 e. The van der Waals surface area contributed by atoms with Gasteiger partial charge in [-0.15, -0.1) is 0 Å². The Morgan fingerprint density at radius 3 is 2.65 bits per heavy atom. The number of sulfonamides is 1. The summed E-state index contributed by atoms with van der Waals surface area (Å²) in [5.41, 5.74) is 8.74. The molecule has 0 aliphatic carbocycles. The molecule has 0 unspecified atom stereocenters. The van der Waals surface area contributed by atoms with E-state index in [2.05, 4.69) is 14.8 Å². The van der Waals surface area contributed by atoms with Crippen LogP contribution in [0.15, 0.2) is 18.3 Å². The number of pyridine rings is 1. The standard InChI is InChI=1S/C14H19N5O3S/c1-9-13(7-15)10(2)19(18-9)14(20)11-4-5-16-12(6-11)8-17-23(3,21)22/h4-6,17H,7-8,15H2,1-3H3. The quantitative estimate of drug-likeness (QED) is 0.798. The normalized spacial score (nSPS) is 11.7. The number of nitrogens with two attached hydrogens (primary N) is 1. The second-order valence-corrected chi connectivity index (χ2v) is 7.03. The SMILES string of the molecule is Cc1nn(C(=O)c2ccnc(CNS(C)(=O)=O)c2)c(C)c1CN. The predicted octanol–water partition coefficient (Wildman–Crippen LogP) is 0.0913. The van der Waals surface area contributed by atoms with Gasteiger partial charge in [0.15, 0.2) is 0 Å². The second-order valence-electron chi connectivity index (χ2n) is 5.20. The van der Waals surface area contributed by atoms with Crippen LogP contribution in [0.3, 0.4) is 0 Å². The van der Waals surface area contributed by atoms with Crippen LogP contribution in [0.1, 0.15) is 33.0 Å². The molecule has 0 aliphatic rings. The Balaban J connectivity index is 2.30. The van der Waals surface area contributed by atoms with Gasteiger partial charge in [0.25, 0.3) is 5.91 Å². The molecule has 9 heteroatoms. The first kappa shape index (κ1) is 17.3. The van der Waals surface area contributed by atoms with Crippen molar-refractivity contribution in [2.45, 2.75) is 26.9 Å². The van der Waals surface area contributed by atoms with Gasteiger partial charge in [-0.3, -0.25) is 9.78 Å². The van der Waals surface area contributed by atoms with Gasteiger partial charge in [-0.25, -0.2) is 17.8 Å². The number of aromatic nitrogens is 3. The molecule has 0 saturated carbocycles. The minimum atomic E-state index is -3.33. The van der Waals surface area contributed by atoms with Crippen LogP contribution in [-0.2, 0) is 23.1 Å². The molecule has 2 rings (SSSR count). The van der Waals surface area contributed by atoms with E-state index in [0.717, 1.165) is 11.8 Å². The maximum absolute atomic E-state index is 12.6. The van der Waals surface area contributed by atoms with Crippen LogP contribution in [0.4, 0.5) is 0 Å². The average molecular weight is 337 g/mol. The van der Waals surface area contributed by atoms with E-state index in [1.54, 1.807) is 26.0 Å². The first-order valence-corrected chi connectivity index (χ1v) is 8.81. The first-order chi connectivity index (χ1) is 10.7. The highest BCUT2D eigenvalue weighted by atomic mass is 32.2. The number of hydrogen-bond acceptors (Lipinski definition) is 6. The van der Waals surface area contributed by atoms with Crippen LogP contribution in [0.5, 0.6) is 0 Å². The molecule has 2 aromatic rings. The minimum absolute atomic E-state index is 0.0190. The molecular weight excluding hydrogens is 318 g/mol. The molecule has 0 spiro atoms. The van der Waals surface area contributed by atoms with Crippen LogP contribution in [-0.4, -0.2) is 35.3 Å². The van der Waals surface area contributed by atoms with Gasteiger partial charge in [0.1, 0.15) is 0 Å². The summed E-state index contributed by atoms with van der Waals surface area (Å²) in [6, 6.07) is 3.10. The lowest BCUT2D eigenvalue weighted by Gasteiger charge is -2.06. The van der Waals surface area contributed by atoms with Crippen LogP contribution in [0.25, 0.3) is 0 Å². The van der Waals surface area contributed by atoms with Crippen molar-refractivity contribution in [3.8, 4) is 0 Å². The lowest BCUT2D eigenvalue weighted by molar-refractivity contribution is 0.0942. The Bertz CT molecular complexity index is 842. The van der Waals surface area contributed by atoms with Gasteiger partial charge in [-0.2, -0.15) is 5.10 Å². The highest BCUT2D eigenvalue weighted by molar-refractivity contribution is 7.88. The van der Waals surface area contributed by atoms with Gasteiger partial charge in [0, 0.05) is 29.6 Å². The Morgan fingerprint density at radius 2 is 2.09 bits per heavy atom. The Kier molecular flexibility index (Phi) is 4.93. The molecule has 0 fully saturated rings. The van der Waals surface area contributed by atoms with Crippen molar-refractivity contribution in [1.82, 2.24) is 19.5 Å². The number of aryl methyl sites for hydroxylation is 1. The molecule has 0 radical (unpaired) electrons. The molecule has 2 aromatic heterocycles. The highest BCUT2D eigenvalue weighted by Gasteiger charge is 2.17. The van der Waals surface area contributed by atoms with Crippen molar-refractivity contribution in [3.63, 3.8) is 0 Å². The van der Waals surface area contributed by atoms with E-state index in [4.69, 9.17) is 5.73 Å². The van der Waals surface area contributed by atoms with Crippen LogP contribution >= 0.6 is 0 Å². The third-order valence-corrected chi connectivity index (χ3v) is 4.09. The zero-order valence-electron chi connectivity index (χ0n) is 13.2. The van der Waals surface area contributed by atoms with Crippen molar-refractivity contribution in [1.29, 1.82) is 0 Å². The van der Waals surface area contributed by atoms with E-state index in [0.29, 0.717) is 29.2 Å². The van der Waals surface area contributed by atoms with Crippen LogP contribution in [0.2, 0.25) is 0 Å². The fraction of sp³-hybridized carbons (Fsp3) is 0.357. The lowest BCUT2D eigenvalue weighted by atomic mass is 10.2. The maximum atomic E-state index is 12.6. The Morgan fingerprint density at radius 1 is 1.39 bits per heavy atom. The molecule has 124 valence electrons.